The molecule has 29 heavy (non-hydrogen) atoms. The summed E-state index contributed by atoms with van der Waals surface area (Å²) in [6.45, 7) is 11.0. The van der Waals surface area contributed by atoms with E-state index in [1.807, 2.05) is 4.90 Å². The Morgan fingerprint density at radius 2 is 0.897 bits per heavy atom. The maximum absolute atomic E-state index is 11.9. The van der Waals surface area contributed by atoms with E-state index in [-0.39, 0.29) is 12.4 Å². The molecule has 0 spiro atoms. The number of nitrogens with two attached hydrogens (primary N) is 1. The van der Waals surface area contributed by atoms with E-state index >= 15 is 0 Å². The van der Waals surface area contributed by atoms with Crippen LogP contribution < -0.4 is 5.73 Å². The molecule has 0 bridgehead atoms. The molecule has 0 aliphatic carbocycles. The smallest absolute Gasteiger partial charge is 0.222 e. The largest absolute Gasteiger partial charge is 0.343 e. The summed E-state index contributed by atoms with van der Waals surface area (Å²) in [5.74, 6) is 0.342. The van der Waals surface area contributed by atoms with Gasteiger partial charge in [-0.3, -0.25) is 4.79 Å². The van der Waals surface area contributed by atoms with E-state index in [1.54, 1.807) is 0 Å². The van der Waals surface area contributed by atoms with Crippen LogP contribution in [-0.4, -0.2) is 30.4 Å². The van der Waals surface area contributed by atoms with Gasteiger partial charge in [0.25, 0.3) is 0 Å². The number of hydrogen-bond donors (Lipinski definition) is 1. The standard InChI is InChI=1S/C22H45NO.C3H9N.ClH/c1-4-7-8-9-10-11-12-13-14-15-16-17-18-19-20-21-22(24)23(5-2)6-3;1-2-3-4;/h4-21H2,1-3H3;2-4H2,1H3;1H. The number of carbonyl (C=O) groups is 1. The topological polar surface area (TPSA) is 46.3 Å². The normalized spacial score (nSPS) is 10.1. The molecule has 0 saturated carbocycles. The molecule has 3 nitrogen and oxygen atoms in total. The second-order valence-electron chi connectivity index (χ2n) is 8.05. The van der Waals surface area contributed by atoms with Gasteiger partial charge in [-0.2, -0.15) is 0 Å². The lowest BCUT2D eigenvalue weighted by Gasteiger charge is -2.18. The third-order valence-corrected chi connectivity index (χ3v) is 5.40. The Hall–Kier alpha value is -0.280. The van der Waals surface area contributed by atoms with Gasteiger partial charge in [-0.25, -0.2) is 0 Å². The Kier molecular flexibility index (Phi) is 34.4. The van der Waals surface area contributed by atoms with E-state index in [0.29, 0.717) is 5.91 Å². The third kappa shape index (κ3) is 27.7. The average molecular weight is 435 g/mol. The van der Waals surface area contributed by atoms with E-state index in [0.717, 1.165) is 38.9 Å². The van der Waals surface area contributed by atoms with Crippen LogP contribution >= 0.6 is 12.4 Å². The van der Waals surface area contributed by atoms with E-state index < -0.39 is 0 Å². The van der Waals surface area contributed by atoms with Crippen molar-refractivity contribution in [3.05, 3.63) is 0 Å². The summed E-state index contributed by atoms with van der Waals surface area (Å²) in [6, 6.07) is 0. The fourth-order valence-electron chi connectivity index (χ4n) is 3.38. The molecule has 0 aliphatic rings. The zero-order valence-corrected chi connectivity index (χ0v) is 21.3. The Bertz CT molecular complexity index is 295. The highest BCUT2D eigenvalue weighted by Gasteiger charge is 2.08. The highest BCUT2D eigenvalue weighted by molar-refractivity contribution is 5.85. The van der Waals surface area contributed by atoms with Crippen molar-refractivity contribution in [1.29, 1.82) is 0 Å². The summed E-state index contributed by atoms with van der Waals surface area (Å²) < 4.78 is 0. The van der Waals surface area contributed by atoms with E-state index in [9.17, 15) is 4.79 Å². The van der Waals surface area contributed by atoms with Crippen LogP contribution in [0.2, 0.25) is 0 Å². The molecule has 0 aromatic rings. The van der Waals surface area contributed by atoms with Gasteiger partial charge in [-0.1, -0.05) is 104 Å². The lowest BCUT2D eigenvalue weighted by atomic mass is 10.0. The van der Waals surface area contributed by atoms with E-state index in [4.69, 9.17) is 5.73 Å². The quantitative estimate of drug-likeness (QED) is 0.210. The second kappa shape index (κ2) is 29.9. The first-order chi connectivity index (χ1) is 13.7. The maximum atomic E-state index is 11.9. The summed E-state index contributed by atoms with van der Waals surface area (Å²) in [6.07, 6.45) is 22.5. The number of hydrogen-bond acceptors (Lipinski definition) is 2. The fraction of sp³-hybridized carbons (Fsp3) is 0.960. The molecule has 0 saturated heterocycles. The van der Waals surface area contributed by atoms with Gasteiger partial charge in [0.1, 0.15) is 0 Å². The summed E-state index contributed by atoms with van der Waals surface area (Å²) in [7, 11) is 0. The number of halogens is 1. The molecule has 4 heteroatoms. The minimum atomic E-state index is 0. The predicted molar refractivity (Wildman–Crippen MR) is 134 cm³/mol. The Balaban J connectivity index is -0.00000123. The number of unbranched alkanes of at least 4 members (excludes halogenated alkanes) is 14. The van der Waals surface area contributed by atoms with Crippen LogP contribution in [0.3, 0.4) is 0 Å². The summed E-state index contributed by atoms with van der Waals surface area (Å²) in [5, 5.41) is 0. The van der Waals surface area contributed by atoms with Gasteiger partial charge < -0.3 is 10.6 Å². The molecule has 0 aliphatic heterocycles. The summed E-state index contributed by atoms with van der Waals surface area (Å²) >= 11 is 0. The number of rotatable bonds is 19. The third-order valence-electron chi connectivity index (χ3n) is 5.40. The van der Waals surface area contributed by atoms with Crippen LogP contribution in [0.5, 0.6) is 0 Å². The van der Waals surface area contributed by atoms with Crippen LogP contribution in [0.1, 0.15) is 137 Å². The molecule has 0 heterocycles. The molecule has 2 N–H and O–H groups in total. The zero-order valence-electron chi connectivity index (χ0n) is 20.5. The maximum Gasteiger partial charge on any atom is 0.222 e. The van der Waals surface area contributed by atoms with Gasteiger partial charge in [-0.15, -0.1) is 12.4 Å². The average Bonchev–Trinajstić information content (AvgIpc) is 2.72. The second-order valence-corrected chi connectivity index (χ2v) is 8.05. The van der Waals surface area contributed by atoms with E-state index in [2.05, 4.69) is 27.7 Å². The van der Waals surface area contributed by atoms with E-state index in [1.165, 1.54) is 89.9 Å². The van der Waals surface area contributed by atoms with Gasteiger partial charge in [0, 0.05) is 19.5 Å². The van der Waals surface area contributed by atoms with Crippen LogP contribution in [0.25, 0.3) is 0 Å². The molecule has 0 aromatic heterocycles. The van der Waals surface area contributed by atoms with Crippen LogP contribution in [0.4, 0.5) is 0 Å². The first-order valence-electron chi connectivity index (χ1n) is 12.7. The zero-order chi connectivity index (χ0) is 21.3. The Morgan fingerprint density at radius 3 is 1.17 bits per heavy atom. The summed E-state index contributed by atoms with van der Waals surface area (Å²) in [5.41, 5.74) is 5.03. The minimum absolute atomic E-state index is 0. The van der Waals surface area contributed by atoms with Crippen LogP contribution in [0, 0.1) is 0 Å². The van der Waals surface area contributed by atoms with Gasteiger partial charge in [-0.05, 0) is 33.2 Å². The highest BCUT2D eigenvalue weighted by Crippen LogP contribution is 2.14. The molecule has 0 fully saturated rings. The van der Waals surface area contributed by atoms with Crippen molar-refractivity contribution in [2.24, 2.45) is 5.73 Å². The number of amides is 1. The highest BCUT2D eigenvalue weighted by atomic mass is 35.5. The predicted octanol–water partition coefficient (Wildman–Crippen LogP) is 7.89. The van der Waals surface area contributed by atoms with Gasteiger partial charge >= 0.3 is 0 Å². The summed E-state index contributed by atoms with van der Waals surface area (Å²) in [4.78, 5) is 13.8. The van der Waals surface area contributed by atoms with Gasteiger partial charge in [0.15, 0.2) is 0 Å². The van der Waals surface area contributed by atoms with Crippen LogP contribution in [0.15, 0.2) is 0 Å². The van der Waals surface area contributed by atoms with Crippen molar-refractivity contribution in [3.8, 4) is 0 Å². The molecule has 178 valence electrons. The first-order valence-corrected chi connectivity index (χ1v) is 12.7. The lowest BCUT2D eigenvalue weighted by Crippen LogP contribution is -2.30. The van der Waals surface area contributed by atoms with Gasteiger partial charge in [0.2, 0.25) is 5.91 Å². The SMILES string of the molecule is CCCCCCCCCCCCCCCCCC(=O)N(CC)CC.CCCN.Cl. The Labute approximate surface area is 190 Å². The number of nitrogens with zero attached hydrogens (tertiary/aromatic N) is 1. The Morgan fingerprint density at radius 1 is 0.586 bits per heavy atom. The molecule has 0 unspecified atom stereocenters. The lowest BCUT2D eigenvalue weighted by molar-refractivity contribution is -0.130. The van der Waals surface area contributed by atoms with Crippen molar-refractivity contribution >= 4 is 18.3 Å². The van der Waals surface area contributed by atoms with Gasteiger partial charge in [0.05, 0.1) is 0 Å². The monoisotopic (exact) mass is 434 g/mol. The molecule has 0 rings (SSSR count). The molecular formula is C25H55ClN2O. The molecule has 0 atom stereocenters. The number of carbonyl (C=O) groups excluding carboxylic acids is 1. The van der Waals surface area contributed by atoms with Crippen molar-refractivity contribution in [2.45, 2.75) is 137 Å². The molecule has 1 amide bonds. The van der Waals surface area contributed by atoms with Crippen molar-refractivity contribution in [2.75, 3.05) is 19.6 Å². The fourth-order valence-corrected chi connectivity index (χ4v) is 3.38. The van der Waals surface area contributed by atoms with Crippen molar-refractivity contribution < 1.29 is 4.79 Å². The molecular weight excluding hydrogens is 380 g/mol. The van der Waals surface area contributed by atoms with Crippen LogP contribution in [-0.2, 0) is 4.79 Å². The van der Waals surface area contributed by atoms with Crippen molar-refractivity contribution in [1.82, 2.24) is 4.90 Å². The molecule has 0 radical (unpaired) electrons. The molecule has 0 aromatic carbocycles. The minimum Gasteiger partial charge on any atom is -0.343 e. The first kappa shape index (κ1) is 33.4. The van der Waals surface area contributed by atoms with Crippen molar-refractivity contribution in [3.63, 3.8) is 0 Å².